The molecular formula is C14H12N2O2S. The molecule has 0 spiro atoms. The van der Waals surface area contributed by atoms with Gasteiger partial charge in [-0.3, -0.25) is 9.78 Å². The van der Waals surface area contributed by atoms with E-state index in [0.717, 1.165) is 4.88 Å². The molecule has 0 atom stereocenters. The molecule has 0 unspecified atom stereocenters. The van der Waals surface area contributed by atoms with Gasteiger partial charge < -0.3 is 10.4 Å². The summed E-state index contributed by atoms with van der Waals surface area (Å²) in [7, 11) is 0. The fourth-order valence-electron chi connectivity index (χ4n) is 1.36. The van der Waals surface area contributed by atoms with Gasteiger partial charge in [-0.25, -0.2) is 0 Å². The molecule has 2 heterocycles. The normalized spacial score (nSPS) is 9.53. The minimum absolute atomic E-state index is 0.0494. The number of nitrogens with zero attached hydrogens (tertiary/aromatic N) is 1. The first-order valence-electron chi connectivity index (χ1n) is 5.70. The van der Waals surface area contributed by atoms with Gasteiger partial charge in [0.05, 0.1) is 16.4 Å². The molecule has 2 aromatic heterocycles. The largest absolute Gasteiger partial charge is 0.395 e. The summed E-state index contributed by atoms with van der Waals surface area (Å²) in [6.45, 7) is 0.0494. The van der Waals surface area contributed by atoms with E-state index in [1.54, 1.807) is 36.7 Å². The summed E-state index contributed by atoms with van der Waals surface area (Å²) in [5.41, 5.74) is 0.710. The fraction of sp³-hybridized carbons (Fsp3) is 0.143. The Morgan fingerprint density at radius 2 is 2.11 bits per heavy atom. The summed E-state index contributed by atoms with van der Waals surface area (Å²) < 4.78 is 0. The Morgan fingerprint density at radius 1 is 1.32 bits per heavy atom. The fourth-order valence-corrected chi connectivity index (χ4v) is 2.14. The smallest absolute Gasteiger partial charge is 0.265 e. The third-order valence-corrected chi connectivity index (χ3v) is 3.22. The van der Waals surface area contributed by atoms with Gasteiger partial charge in [0.2, 0.25) is 0 Å². The third kappa shape index (κ3) is 3.91. The maximum atomic E-state index is 11.9. The highest BCUT2D eigenvalue weighted by Crippen LogP contribution is 2.17. The average Bonchev–Trinajstić information content (AvgIpc) is 2.89. The van der Waals surface area contributed by atoms with Crippen LogP contribution in [0.1, 0.15) is 21.0 Å². The number of carbonyl (C=O) groups is 1. The molecule has 4 nitrogen and oxygen atoms in total. The van der Waals surface area contributed by atoms with Crippen molar-refractivity contribution in [1.82, 2.24) is 4.98 Å². The standard InChI is InChI=1S/C14H12N2O2S/c17-10-2-1-3-12-4-5-13(19-12)14(18)16-11-6-8-15-9-7-11/h4-9,17H,2,10H2,(H,15,16,18). The van der Waals surface area contributed by atoms with Crippen molar-refractivity contribution in [3.05, 3.63) is 46.4 Å². The lowest BCUT2D eigenvalue weighted by molar-refractivity contribution is 0.103. The molecule has 0 radical (unpaired) electrons. The highest BCUT2D eigenvalue weighted by Gasteiger charge is 2.08. The molecule has 1 amide bonds. The number of aliphatic hydroxyl groups is 1. The summed E-state index contributed by atoms with van der Waals surface area (Å²) in [4.78, 5) is 17.2. The lowest BCUT2D eigenvalue weighted by atomic mass is 10.3. The van der Waals surface area contributed by atoms with E-state index in [0.29, 0.717) is 17.0 Å². The van der Waals surface area contributed by atoms with E-state index in [9.17, 15) is 4.79 Å². The third-order valence-electron chi connectivity index (χ3n) is 2.22. The molecule has 0 fully saturated rings. The van der Waals surface area contributed by atoms with Crippen LogP contribution in [0.4, 0.5) is 5.69 Å². The molecule has 19 heavy (non-hydrogen) atoms. The van der Waals surface area contributed by atoms with Gasteiger partial charge in [-0.1, -0.05) is 11.8 Å². The molecule has 5 heteroatoms. The predicted octanol–water partition coefficient (Wildman–Crippen LogP) is 2.13. The van der Waals surface area contributed by atoms with Gasteiger partial charge >= 0.3 is 0 Å². The maximum absolute atomic E-state index is 11.9. The molecule has 0 aliphatic carbocycles. The van der Waals surface area contributed by atoms with E-state index < -0.39 is 0 Å². The van der Waals surface area contributed by atoms with Crippen molar-refractivity contribution in [2.24, 2.45) is 0 Å². The summed E-state index contributed by atoms with van der Waals surface area (Å²) in [5, 5.41) is 11.4. The van der Waals surface area contributed by atoms with Gasteiger partial charge in [-0.05, 0) is 24.3 Å². The molecule has 0 aliphatic rings. The first-order valence-corrected chi connectivity index (χ1v) is 6.52. The number of hydrogen-bond acceptors (Lipinski definition) is 4. The van der Waals surface area contributed by atoms with Crippen molar-refractivity contribution in [2.45, 2.75) is 6.42 Å². The van der Waals surface area contributed by atoms with Crippen molar-refractivity contribution < 1.29 is 9.90 Å². The molecule has 2 aromatic rings. The second-order valence-electron chi connectivity index (χ2n) is 3.63. The Kier molecular flexibility index (Phi) is 4.67. The number of anilines is 1. The zero-order chi connectivity index (χ0) is 13.5. The van der Waals surface area contributed by atoms with E-state index in [1.165, 1.54) is 11.3 Å². The lowest BCUT2D eigenvalue weighted by Crippen LogP contribution is -2.09. The van der Waals surface area contributed by atoms with Crippen molar-refractivity contribution in [1.29, 1.82) is 0 Å². The van der Waals surface area contributed by atoms with E-state index in [2.05, 4.69) is 22.1 Å². The maximum Gasteiger partial charge on any atom is 0.265 e. The topological polar surface area (TPSA) is 62.2 Å². The number of rotatable bonds is 3. The average molecular weight is 272 g/mol. The van der Waals surface area contributed by atoms with Crippen LogP contribution in [0.25, 0.3) is 0 Å². The molecule has 0 aromatic carbocycles. The van der Waals surface area contributed by atoms with Crippen molar-refractivity contribution >= 4 is 22.9 Å². The summed E-state index contributed by atoms with van der Waals surface area (Å²) in [5.74, 6) is 5.57. The minimum atomic E-state index is -0.161. The summed E-state index contributed by atoms with van der Waals surface area (Å²) in [6.07, 6.45) is 3.68. The first kappa shape index (κ1) is 13.3. The summed E-state index contributed by atoms with van der Waals surface area (Å²) >= 11 is 1.33. The monoisotopic (exact) mass is 272 g/mol. The van der Waals surface area contributed by atoms with Crippen molar-refractivity contribution in [2.75, 3.05) is 11.9 Å². The second-order valence-corrected chi connectivity index (χ2v) is 4.71. The van der Waals surface area contributed by atoms with Gasteiger partial charge in [0.15, 0.2) is 0 Å². The first-order chi connectivity index (χ1) is 9.29. The van der Waals surface area contributed by atoms with E-state index in [-0.39, 0.29) is 12.5 Å². The van der Waals surface area contributed by atoms with Crippen LogP contribution in [0.2, 0.25) is 0 Å². The van der Waals surface area contributed by atoms with Crippen LogP contribution >= 0.6 is 11.3 Å². The van der Waals surface area contributed by atoms with Gasteiger partial charge in [-0.15, -0.1) is 11.3 Å². The quantitative estimate of drug-likeness (QED) is 0.841. The van der Waals surface area contributed by atoms with Crippen LogP contribution in [-0.2, 0) is 0 Å². The molecule has 0 bridgehead atoms. The molecular weight excluding hydrogens is 260 g/mol. The predicted molar refractivity (Wildman–Crippen MR) is 75.1 cm³/mol. The highest BCUT2D eigenvalue weighted by molar-refractivity contribution is 7.14. The zero-order valence-electron chi connectivity index (χ0n) is 10.1. The lowest BCUT2D eigenvalue weighted by Gasteiger charge is -2.01. The Morgan fingerprint density at radius 3 is 2.84 bits per heavy atom. The number of pyridine rings is 1. The number of hydrogen-bond donors (Lipinski definition) is 2. The Hall–Kier alpha value is -2.16. The van der Waals surface area contributed by atoms with Gasteiger partial charge in [0.25, 0.3) is 5.91 Å². The number of aromatic nitrogens is 1. The molecule has 2 rings (SSSR count). The zero-order valence-corrected chi connectivity index (χ0v) is 10.9. The number of amides is 1. The number of nitrogens with one attached hydrogen (secondary N) is 1. The van der Waals surface area contributed by atoms with Gasteiger partial charge in [-0.2, -0.15) is 0 Å². The second kappa shape index (κ2) is 6.69. The van der Waals surface area contributed by atoms with Crippen LogP contribution in [0, 0.1) is 11.8 Å². The van der Waals surface area contributed by atoms with E-state index >= 15 is 0 Å². The van der Waals surface area contributed by atoms with Crippen molar-refractivity contribution in [3.8, 4) is 11.8 Å². The Bertz CT molecular complexity index is 611. The SMILES string of the molecule is O=C(Nc1ccncc1)c1ccc(C#CCCO)s1. The van der Waals surface area contributed by atoms with E-state index in [4.69, 9.17) is 5.11 Å². The van der Waals surface area contributed by atoms with Crippen molar-refractivity contribution in [3.63, 3.8) is 0 Å². The Balaban J connectivity index is 2.03. The van der Waals surface area contributed by atoms with Crippen LogP contribution in [0.5, 0.6) is 0 Å². The number of carbonyl (C=O) groups excluding carboxylic acids is 1. The molecule has 0 saturated carbocycles. The van der Waals surface area contributed by atoms with Crippen LogP contribution in [0.15, 0.2) is 36.7 Å². The van der Waals surface area contributed by atoms with Crippen LogP contribution < -0.4 is 5.32 Å². The van der Waals surface area contributed by atoms with Gasteiger partial charge in [0.1, 0.15) is 0 Å². The minimum Gasteiger partial charge on any atom is -0.395 e. The van der Waals surface area contributed by atoms with Crippen LogP contribution in [0.3, 0.4) is 0 Å². The number of thiophene rings is 1. The molecule has 0 saturated heterocycles. The molecule has 2 N–H and O–H groups in total. The molecule has 96 valence electrons. The summed E-state index contributed by atoms with van der Waals surface area (Å²) in [6, 6.07) is 7.00. The molecule has 0 aliphatic heterocycles. The highest BCUT2D eigenvalue weighted by atomic mass is 32.1. The van der Waals surface area contributed by atoms with Crippen LogP contribution in [-0.4, -0.2) is 22.6 Å². The van der Waals surface area contributed by atoms with Gasteiger partial charge in [0, 0.05) is 24.5 Å². The van der Waals surface area contributed by atoms with E-state index in [1.807, 2.05) is 0 Å². The number of aliphatic hydroxyl groups excluding tert-OH is 1. The Labute approximate surface area is 115 Å².